The van der Waals surface area contributed by atoms with E-state index in [-0.39, 0.29) is 0 Å². The highest BCUT2D eigenvalue weighted by atomic mass is 32.2. The molecule has 2 aliphatic rings. The first-order chi connectivity index (χ1) is 14.4. The lowest BCUT2D eigenvalue weighted by Gasteiger charge is -2.39. The maximum absolute atomic E-state index is 11.9. The van der Waals surface area contributed by atoms with Crippen LogP contribution in [0.2, 0.25) is 0 Å². The smallest absolute Gasteiger partial charge is 0.281 e. The van der Waals surface area contributed by atoms with Crippen molar-refractivity contribution in [2.24, 2.45) is 0 Å². The first-order valence-corrected chi connectivity index (χ1v) is 12.7. The van der Waals surface area contributed by atoms with E-state index >= 15 is 0 Å². The molecule has 0 aliphatic carbocycles. The molecular weight excluding hydrogens is 420 g/mol. The van der Waals surface area contributed by atoms with Crippen LogP contribution < -0.4 is 4.74 Å². The molecule has 2 fully saturated rings. The molecule has 2 aliphatic heterocycles. The molecule has 2 atom stereocenters. The number of thiazole rings is 1. The van der Waals surface area contributed by atoms with Crippen molar-refractivity contribution in [3.05, 3.63) is 47.7 Å². The zero-order chi connectivity index (χ0) is 20.9. The minimum absolute atomic E-state index is 0.299. The summed E-state index contributed by atoms with van der Waals surface area (Å²) in [5, 5.41) is 0.592. The van der Waals surface area contributed by atoms with E-state index in [9.17, 15) is 8.42 Å². The number of pyridine rings is 1. The SMILES string of the molecule is Cc1ccnc2nc(Oc3ccc(CN4C5CCC4CN(S(C)(=O)=O)C5)cc3)sc12. The van der Waals surface area contributed by atoms with Crippen molar-refractivity contribution >= 4 is 31.7 Å². The summed E-state index contributed by atoms with van der Waals surface area (Å²) in [4.78, 5) is 11.2. The molecule has 0 amide bonds. The van der Waals surface area contributed by atoms with Gasteiger partial charge >= 0.3 is 0 Å². The van der Waals surface area contributed by atoms with Gasteiger partial charge in [-0.3, -0.25) is 4.90 Å². The first kappa shape index (κ1) is 19.9. The molecule has 2 saturated heterocycles. The van der Waals surface area contributed by atoms with Gasteiger partial charge in [0.15, 0.2) is 5.65 Å². The van der Waals surface area contributed by atoms with Gasteiger partial charge in [0.1, 0.15) is 5.75 Å². The van der Waals surface area contributed by atoms with E-state index in [2.05, 4.69) is 27.0 Å². The van der Waals surface area contributed by atoms with E-state index in [1.165, 1.54) is 23.2 Å². The van der Waals surface area contributed by atoms with Crippen LogP contribution in [0.5, 0.6) is 10.9 Å². The lowest BCUT2D eigenvalue weighted by molar-refractivity contribution is 0.103. The molecule has 3 aromatic rings. The van der Waals surface area contributed by atoms with Gasteiger partial charge in [-0.1, -0.05) is 23.5 Å². The van der Waals surface area contributed by atoms with Crippen LogP contribution in [0.15, 0.2) is 36.5 Å². The average Bonchev–Trinajstić information content (AvgIpc) is 3.19. The summed E-state index contributed by atoms with van der Waals surface area (Å²) in [6.45, 7) is 4.07. The maximum Gasteiger partial charge on any atom is 0.281 e. The van der Waals surface area contributed by atoms with Crippen molar-refractivity contribution in [2.45, 2.75) is 38.4 Å². The Balaban J connectivity index is 1.26. The Kier molecular flexibility index (Phi) is 5.01. The molecule has 0 saturated carbocycles. The highest BCUT2D eigenvalue weighted by Gasteiger charge is 2.42. The number of benzene rings is 1. The fraction of sp³-hybridized carbons (Fsp3) is 0.429. The van der Waals surface area contributed by atoms with Gasteiger partial charge in [-0.2, -0.15) is 9.29 Å². The van der Waals surface area contributed by atoms with Gasteiger partial charge in [0.05, 0.1) is 11.0 Å². The predicted octanol–water partition coefficient (Wildman–Crippen LogP) is 3.40. The number of nitrogens with zero attached hydrogens (tertiary/aromatic N) is 4. The largest absolute Gasteiger partial charge is 0.431 e. The number of hydrogen-bond acceptors (Lipinski definition) is 7. The summed E-state index contributed by atoms with van der Waals surface area (Å²) in [6.07, 6.45) is 5.19. The molecule has 0 spiro atoms. The molecular formula is C21H24N4O3S2. The molecule has 2 unspecified atom stereocenters. The zero-order valence-corrected chi connectivity index (χ0v) is 18.6. The fourth-order valence-electron chi connectivity index (χ4n) is 4.43. The molecule has 0 radical (unpaired) electrons. The second-order valence-electron chi connectivity index (χ2n) is 8.14. The van der Waals surface area contributed by atoms with Crippen LogP contribution in [0.3, 0.4) is 0 Å². The van der Waals surface area contributed by atoms with Crippen molar-refractivity contribution < 1.29 is 13.2 Å². The van der Waals surface area contributed by atoms with Gasteiger partial charge in [0, 0.05) is 37.9 Å². The molecule has 5 rings (SSSR count). The fourth-order valence-corrected chi connectivity index (χ4v) is 6.18. The summed E-state index contributed by atoms with van der Waals surface area (Å²) in [5.74, 6) is 0.750. The van der Waals surface area contributed by atoms with E-state index < -0.39 is 10.0 Å². The number of rotatable bonds is 5. The van der Waals surface area contributed by atoms with Crippen molar-refractivity contribution in [2.75, 3.05) is 19.3 Å². The van der Waals surface area contributed by atoms with Crippen LogP contribution in [-0.2, 0) is 16.6 Å². The lowest BCUT2D eigenvalue weighted by atomic mass is 10.1. The minimum atomic E-state index is -3.12. The molecule has 1 aromatic carbocycles. The number of sulfonamides is 1. The van der Waals surface area contributed by atoms with Gasteiger partial charge in [0.2, 0.25) is 10.0 Å². The summed E-state index contributed by atoms with van der Waals surface area (Å²) in [6, 6.07) is 10.7. The topological polar surface area (TPSA) is 75.6 Å². The van der Waals surface area contributed by atoms with Crippen molar-refractivity contribution in [3.8, 4) is 10.9 Å². The zero-order valence-electron chi connectivity index (χ0n) is 17.0. The summed E-state index contributed by atoms with van der Waals surface area (Å²) < 4.78 is 32.5. The third-order valence-electron chi connectivity index (χ3n) is 6.03. The second kappa shape index (κ2) is 7.56. The van der Waals surface area contributed by atoms with Crippen LogP contribution in [0.1, 0.15) is 24.0 Å². The Morgan fingerprint density at radius 1 is 1.13 bits per heavy atom. The average molecular weight is 445 g/mol. The van der Waals surface area contributed by atoms with E-state index in [0.717, 1.165) is 41.0 Å². The van der Waals surface area contributed by atoms with Gasteiger partial charge < -0.3 is 4.74 Å². The summed E-state index contributed by atoms with van der Waals surface area (Å²) in [7, 11) is -3.12. The standard InChI is InChI=1S/C21H24N4O3S2/c1-14-9-10-22-20-19(14)29-21(23-20)28-18-7-3-15(4-8-18)11-25-16-5-6-17(25)13-24(12-16)30(2,26)27/h3-4,7-10,16-17H,5-6,11-13H2,1-2H3. The van der Waals surface area contributed by atoms with Crippen molar-refractivity contribution in [1.82, 2.24) is 19.2 Å². The van der Waals surface area contributed by atoms with Crippen LogP contribution in [0.4, 0.5) is 0 Å². The number of fused-ring (bicyclic) bond motifs is 3. The Bertz CT molecular complexity index is 1160. The Morgan fingerprint density at radius 2 is 1.83 bits per heavy atom. The Labute approximate surface area is 180 Å². The molecule has 0 N–H and O–H groups in total. The van der Waals surface area contributed by atoms with Crippen molar-refractivity contribution in [1.29, 1.82) is 0 Å². The molecule has 9 heteroatoms. The van der Waals surface area contributed by atoms with E-state index in [1.807, 2.05) is 25.1 Å². The van der Waals surface area contributed by atoms with E-state index in [0.29, 0.717) is 30.4 Å². The van der Waals surface area contributed by atoms with Gasteiger partial charge in [0.25, 0.3) is 5.19 Å². The van der Waals surface area contributed by atoms with Crippen molar-refractivity contribution in [3.63, 3.8) is 0 Å². The number of aryl methyl sites for hydroxylation is 1. The second-order valence-corrected chi connectivity index (χ2v) is 11.1. The number of aromatic nitrogens is 2. The molecule has 30 heavy (non-hydrogen) atoms. The quantitative estimate of drug-likeness (QED) is 0.600. The third kappa shape index (κ3) is 3.82. The van der Waals surface area contributed by atoms with E-state index in [4.69, 9.17) is 4.74 Å². The van der Waals surface area contributed by atoms with Crippen LogP contribution >= 0.6 is 11.3 Å². The number of ether oxygens (including phenoxy) is 1. The lowest BCUT2D eigenvalue weighted by Crippen LogP contribution is -2.54. The van der Waals surface area contributed by atoms with E-state index in [1.54, 1.807) is 10.5 Å². The molecule has 7 nitrogen and oxygen atoms in total. The summed E-state index contributed by atoms with van der Waals surface area (Å²) in [5.41, 5.74) is 3.07. The first-order valence-electron chi connectivity index (χ1n) is 10.1. The van der Waals surface area contributed by atoms with Gasteiger partial charge in [-0.05, 0) is 49.1 Å². The Hall–Kier alpha value is -2.07. The third-order valence-corrected chi connectivity index (χ3v) is 8.33. The highest BCUT2D eigenvalue weighted by molar-refractivity contribution is 7.88. The minimum Gasteiger partial charge on any atom is -0.431 e. The van der Waals surface area contributed by atoms with Gasteiger partial charge in [-0.25, -0.2) is 13.4 Å². The Morgan fingerprint density at radius 3 is 2.47 bits per heavy atom. The molecule has 4 heterocycles. The normalized spacial score (nSPS) is 22.6. The predicted molar refractivity (Wildman–Crippen MR) is 117 cm³/mol. The maximum atomic E-state index is 11.9. The monoisotopic (exact) mass is 444 g/mol. The molecule has 2 bridgehead atoms. The molecule has 2 aromatic heterocycles. The number of piperazine rings is 1. The van der Waals surface area contributed by atoms with Gasteiger partial charge in [-0.15, -0.1) is 0 Å². The van der Waals surface area contributed by atoms with Crippen LogP contribution in [-0.4, -0.2) is 59.0 Å². The summed E-state index contributed by atoms with van der Waals surface area (Å²) >= 11 is 1.50. The number of hydrogen-bond donors (Lipinski definition) is 0. The van der Waals surface area contributed by atoms with Crippen LogP contribution in [0, 0.1) is 6.92 Å². The van der Waals surface area contributed by atoms with Crippen LogP contribution in [0.25, 0.3) is 10.3 Å². The molecule has 158 valence electrons. The highest BCUT2D eigenvalue weighted by Crippen LogP contribution is 2.34.